The molecule has 4 rings (SSSR count). The van der Waals surface area contributed by atoms with Crippen molar-refractivity contribution in [2.75, 3.05) is 0 Å². The van der Waals surface area contributed by atoms with Gasteiger partial charge in [0, 0.05) is 16.9 Å². The second kappa shape index (κ2) is 2.85. The van der Waals surface area contributed by atoms with Gasteiger partial charge in [0.25, 0.3) is 0 Å². The Hall–Kier alpha value is -0.630. The summed E-state index contributed by atoms with van der Waals surface area (Å²) in [6, 6.07) is 0. The first-order valence-electron chi connectivity index (χ1n) is 6.66. The van der Waals surface area contributed by atoms with E-state index in [0.717, 1.165) is 12.0 Å². The van der Waals surface area contributed by atoms with Gasteiger partial charge in [-0.05, 0) is 39.5 Å². The van der Waals surface area contributed by atoms with Crippen molar-refractivity contribution >= 4 is 5.78 Å². The number of carbonyl (C=O) groups is 1. The average molecular weight is 234 g/mol. The third kappa shape index (κ3) is 1.08. The van der Waals surface area contributed by atoms with E-state index in [2.05, 4.69) is 33.8 Å². The van der Waals surface area contributed by atoms with E-state index in [9.17, 15) is 4.79 Å². The van der Waals surface area contributed by atoms with Gasteiger partial charge >= 0.3 is 0 Å². The Morgan fingerprint density at radius 3 is 2.59 bits per heavy atom. The van der Waals surface area contributed by atoms with E-state index in [1.54, 1.807) is 6.92 Å². The molecule has 2 fully saturated rings. The lowest BCUT2D eigenvalue weighted by Crippen LogP contribution is -2.64. The smallest absolute Gasteiger partial charge is 0.158 e. The molecular weight excluding hydrogens is 212 g/mol. The van der Waals surface area contributed by atoms with Gasteiger partial charge in [0.1, 0.15) is 0 Å². The van der Waals surface area contributed by atoms with Crippen LogP contribution in [0.25, 0.3) is 0 Å². The van der Waals surface area contributed by atoms with Gasteiger partial charge < -0.3 is 4.74 Å². The van der Waals surface area contributed by atoms with Crippen LogP contribution in [0, 0.1) is 17.3 Å². The molecule has 0 N–H and O–H groups in total. The number of ketones is 1. The van der Waals surface area contributed by atoms with E-state index in [-0.39, 0.29) is 16.8 Å². The molecule has 0 spiro atoms. The molecule has 2 heteroatoms. The van der Waals surface area contributed by atoms with Gasteiger partial charge in [0.05, 0.1) is 11.2 Å². The Bertz CT molecular complexity index is 434. The molecular formula is C15H22O2. The van der Waals surface area contributed by atoms with Crippen LogP contribution < -0.4 is 0 Å². The summed E-state index contributed by atoms with van der Waals surface area (Å²) in [5.41, 5.74) is 0.531. The van der Waals surface area contributed by atoms with Crippen LogP contribution in [-0.2, 0) is 9.53 Å². The minimum absolute atomic E-state index is 0.0338. The largest absolute Gasteiger partial charge is 0.363 e. The minimum Gasteiger partial charge on any atom is -0.363 e. The molecule has 0 aromatic carbocycles. The van der Waals surface area contributed by atoms with Gasteiger partial charge in [-0.25, -0.2) is 0 Å². The van der Waals surface area contributed by atoms with E-state index in [1.807, 2.05) is 0 Å². The number of ether oxygens (including phenoxy) is 1. The quantitative estimate of drug-likeness (QED) is 0.697. The number of hydrogen-bond acceptors (Lipinski definition) is 2. The Balaban J connectivity index is 2.23. The Morgan fingerprint density at radius 1 is 1.35 bits per heavy atom. The van der Waals surface area contributed by atoms with Gasteiger partial charge in [-0.15, -0.1) is 0 Å². The summed E-state index contributed by atoms with van der Waals surface area (Å²) < 4.78 is 6.45. The average Bonchev–Trinajstić information content (AvgIpc) is 2.48. The third-order valence-corrected chi connectivity index (χ3v) is 5.92. The van der Waals surface area contributed by atoms with E-state index in [4.69, 9.17) is 4.74 Å². The molecule has 1 saturated carbocycles. The maximum absolute atomic E-state index is 11.9. The summed E-state index contributed by atoms with van der Waals surface area (Å²) in [5, 5.41) is 0. The molecule has 2 unspecified atom stereocenters. The van der Waals surface area contributed by atoms with Gasteiger partial charge in [-0.3, -0.25) is 4.79 Å². The molecule has 4 aliphatic rings. The van der Waals surface area contributed by atoms with Crippen molar-refractivity contribution in [1.29, 1.82) is 0 Å². The highest BCUT2D eigenvalue weighted by Crippen LogP contribution is 2.66. The first-order valence-corrected chi connectivity index (χ1v) is 6.66. The molecule has 4 atom stereocenters. The molecule has 0 amide bonds. The highest BCUT2D eigenvalue weighted by molar-refractivity contribution is 5.96. The summed E-state index contributed by atoms with van der Waals surface area (Å²) >= 11 is 0. The number of hydrogen-bond donors (Lipinski definition) is 0. The molecule has 1 saturated heterocycles. The molecule has 0 aromatic heterocycles. The SMILES string of the molecule is CC(=O)C1=CC2C3CC[C@@]2(C)O[C@@]1(C)C3(C)C. The fraction of sp³-hybridized carbons (Fsp3) is 0.800. The van der Waals surface area contributed by atoms with Crippen molar-refractivity contribution in [3.8, 4) is 0 Å². The first kappa shape index (κ1) is 11.5. The summed E-state index contributed by atoms with van der Waals surface area (Å²) in [5.74, 6) is 1.26. The van der Waals surface area contributed by atoms with Gasteiger partial charge in [0.15, 0.2) is 5.78 Å². The molecule has 4 bridgehead atoms. The van der Waals surface area contributed by atoms with E-state index in [0.29, 0.717) is 11.8 Å². The van der Waals surface area contributed by atoms with Crippen LogP contribution in [0.1, 0.15) is 47.5 Å². The summed E-state index contributed by atoms with van der Waals surface area (Å²) in [6.45, 7) is 10.5. The zero-order valence-corrected chi connectivity index (χ0v) is 11.5. The molecule has 2 aliphatic heterocycles. The zero-order chi connectivity index (χ0) is 12.6. The van der Waals surface area contributed by atoms with Crippen molar-refractivity contribution in [2.24, 2.45) is 17.3 Å². The fourth-order valence-corrected chi connectivity index (χ4v) is 4.58. The molecule has 17 heavy (non-hydrogen) atoms. The second-order valence-corrected chi connectivity index (χ2v) is 6.98. The van der Waals surface area contributed by atoms with Crippen molar-refractivity contribution in [2.45, 2.75) is 58.7 Å². The summed E-state index contributed by atoms with van der Waals surface area (Å²) in [7, 11) is 0. The second-order valence-electron chi connectivity index (χ2n) is 6.98. The van der Waals surface area contributed by atoms with E-state index < -0.39 is 5.60 Å². The Kier molecular flexibility index (Phi) is 1.92. The fourth-order valence-electron chi connectivity index (χ4n) is 4.58. The zero-order valence-electron chi connectivity index (χ0n) is 11.5. The van der Waals surface area contributed by atoms with Crippen molar-refractivity contribution < 1.29 is 9.53 Å². The lowest BCUT2D eigenvalue weighted by molar-refractivity contribution is -0.240. The van der Waals surface area contributed by atoms with Crippen LogP contribution in [-0.4, -0.2) is 17.0 Å². The van der Waals surface area contributed by atoms with Crippen molar-refractivity contribution in [3.05, 3.63) is 11.6 Å². The minimum atomic E-state index is -0.399. The Morgan fingerprint density at radius 2 is 2.00 bits per heavy atom. The number of Topliss-reactive ketones (excluding diaryl/α,β-unsaturated/α-hetero) is 1. The summed E-state index contributed by atoms with van der Waals surface area (Å²) in [4.78, 5) is 11.9. The predicted molar refractivity (Wildman–Crippen MR) is 66.7 cm³/mol. The molecule has 2 heterocycles. The maximum atomic E-state index is 11.9. The monoisotopic (exact) mass is 234 g/mol. The molecule has 0 aromatic rings. The van der Waals surface area contributed by atoms with Gasteiger partial charge in [-0.1, -0.05) is 19.9 Å². The molecule has 0 radical (unpaired) electrons. The van der Waals surface area contributed by atoms with E-state index >= 15 is 0 Å². The standard InChI is InChI=1S/C15H22O2/c1-9(16)11-8-12-10-6-7-14(12,4)17-15(11,5)13(10,2)3/h8,10,12H,6-7H2,1-5H3/t10?,12?,14-,15-/m1/s1. The maximum Gasteiger partial charge on any atom is 0.158 e. The predicted octanol–water partition coefficient (Wildman–Crippen LogP) is 3.12. The van der Waals surface area contributed by atoms with Crippen LogP contribution in [0.15, 0.2) is 11.6 Å². The van der Waals surface area contributed by atoms with Crippen LogP contribution in [0.4, 0.5) is 0 Å². The van der Waals surface area contributed by atoms with Crippen molar-refractivity contribution in [1.82, 2.24) is 0 Å². The third-order valence-electron chi connectivity index (χ3n) is 5.92. The molecule has 94 valence electrons. The molecule has 2 aliphatic carbocycles. The Labute approximate surface area is 103 Å². The van der Waals surface area contributed by atoms with Gasteiger partial charge in [-0.2, -0.15) is 0 Å². The van der Waals surface area contributed by atoms with Crippen LogP contribution in [0.2, 0.25) is 0 Å². The normalized spacial score (nSPS) is 50.3. The van der Waals surface area contributed by atoms with Crippen molar-refractivity contribution in [3.63, 3.8) is 0 Å². The van der Waals surface area contributed by atoms with Crippen LogP contribution in [0.3, 0.4) is 0 Å². The number of carbonyl (C=O) groups excluding carboxylic acids is 1. The lowest BCUT2D eigenvalue weighted by atomic mass is 9.53. The highest BCUT2D eigenvalue weighted by atomic mass is 16.5. The summed E-state index contributed by atoms with van der Waals surface area (Å²) in [6.07, 6.45) is 4.59. The lowest BCUT2D eigenvalue weighted by Gasteiger charge is -2.61. The van der Waals surface area contributed by atoms with Gasteiger partial charge in [0.2, 0.25) is 0 Å². The topological polar surface area (TPSA) is 26.3 Å². The number of rotatable bonds is 1. The highest BCUT2D eigenvalue weighted by Gasteiger charge is 2.68. The van der Waals surface area contributed by atoms with Crippen LogP contribution >= 0.6 is 0 Å². The van der Waals surface area contributed by atoms with Crippen LogP contribution in [0.5, 0.6) is 0 Å². The first-order chi connectivity index (χ1) is 7.72. The van der Waals surface area contributed by atoms with E-state index in [1.165, 1.54) is 6.42 Å². The molecule has 2 nitrogen and oxygen atoms in total.